The zero-order valence-corrected chi connectivity index (χ0v) is 10.1. The summed E-state index contributed by atoms with van der Waals surface area (Å²) in [5, 5.41) is 8.77. The summed E-state index contributed by atoms with van der Waals surface area (Å²) in [4.78, 5) is 6.44. The number of nitriles is 1. The fourth-order valence-corrected chi connectivity index (χ4v) is 1.99. The van der Waals surface area contributed by atoms with Crippen LogP contribution in [0.1, 0.15) is 18.4 Å². The van der Waals surface area contributed by atoms with Crippen LogP contribution in [0.2, 0.25) is 0 Å². The zero-order valence-electron chi connectivity index (χ0n) is 10.1. The number of hydrogen-bond acceptors (Lipinski definition) is 4. The molecule has 1 saturated heterocycles. The molecule has 90 valence electrons. The quantitative estimate of drug-likeness (QED) is 0.794. The van der Waals surface area contributed by atoms with Gasteiger partial charge in [-0.1, -0.05) is 0 Å². The Balaban J connectivity index is 1.83. The SMILES string of the molecule is CN1CCC(COc2cc(C#N)ccn2)CC1. The van der Waals surface area contributed by atoms with Gasteiger partial charge in [0.25, 0.3) is 0 Å². The van der Waals surface area contributed by atoms with Crippen molar-refractivity contribution in [2.45, 2.75) is 12.8 Å². The number of nitrogens with zero attached hydrogens (tertiary/aromatic N) is 3. The molecule has 0 radical (unpaired) electrons. The summed E-state index contributed by atoms with van der Waals surface area (Å²) in [5.41, 5.74) is 0.596. The molecule has 0 saturated carbocycles. The minimum absolute atomic E-state index is 0.558. The monoisotopic (exact) mass is 231 g/mol. The first-order chi connectivity index (χ1) is 8.28. The fourth-order valence-electron chi connectivity index (χ4n) is 1.99. The van der Waals surface area contributed by atoms with E-state index in [1.54, 1.807) is 18.3 Å². The highest BCUT2D eigenvalue weighted by Crippen LogP contribution is 2.17. The van der Waals surface area contributed by atoms with E-state index >= 15 is 0 Å². The highest BCUT2D eigenvalue weighted by molar-refractivity contribution is 5.31. The highest BCUT2D eigenvalue weighted by Gasteiger charge is 2.17. The Bertz CT molecular complexity index is 405. The van der Waals surface area contributed by atoms with Gasteiger partial charge in [-0.15, -0.1) is 0 Å². The van der Waals surface area contributed by atoms with Gasteiger partial charge < -0.3 is 9.64 Å². The van der Waals surface area contributed by atoms with Crippen LogP contribution in [0, 0.1) is 17.2 Å². The number of ether oxygens (including phenoxy) is 1. The van der Waals surface area contributed by atoms with Gasteiger partial charge in [0, 0.05) is 12.3 Å². The molecule has 1 aromatic rings. The summed E-state index contributed by atoms with van der Waals surface area (Å²) in [6.45, 7) is 2.98. The normalized spacial score (nSPS) is 17.6. The van der Waals surface area contributed by atoms with Crippen molar-refractivity contribution in [1.29, 1.82) is 5.26 Å². The summed E-state index contributed by atoms with van der Waals surface area (Å²) in [6, 6.07) is 5.46. The lowest BCUT2D eigenvalue weighted by Crippen LogP contribution is -2.32. The van der Waals surface area contributed by atoms with Crippen molar-refractivity contribution >= 4 is 0 Å². The van der Waals surface area contributed by atoms with Crippen molar-refractivity contribution < 1.29 is 4.74 Å². The smallest absolute Gasteiger partial charge is 0.214 e. The van der Waals surface area contributed by atoms with E-state index < -0.39 is 0 Å². The molecule has 17 heavy (non-hydrogen) atoms. The maximum Gasteiger partial charge on any atom is 0.214 e. The first-order valence-corrected chi connectivity index (χ1v) is 5.95. The van der Waals surface area contributed by atoms with E-state index in [1.165, 1.54) is 12.8 Å². The molecule has 1 aromatic heterocycles. The standard InChI is InChI=1S/C13H17N3O/c1-16-6-3-11(4-7-16)10-17-13-8-12(9-14)2-5-15-13/h2,5,8,11H,3-4,6-7,10H2,1H3. The van der Waals surface area contributed by atoms with Crippen molar-refractivity contribution in [2.24, 2.45) is 5.92 Å². The Morgan fingerprint density at radius 2 is 2.29 bits per heavy atom. The van der Waals surface area contributed by atoms with Crippen LogP contribution in [-0.2, 0) is 0 Å². The van der Waals surface area contributed by atoms with E-state index in [-0.39, 0.29) is 0 Å². The Morgan fingerprint density at radius 1 is 1.53 bits per heavy atom. The first kappa shape index (κ1) is 11.9. The average molecular weight is 231 g/mol. The second kappa shape index (κ2) is 5.65. The largest absolute Gasteiger partial charge is 0.477 e. The average Bonchev–Trinajstić information content (AvgIpc) is 2.38. The van der Waals surface area contributed by atoms with Gasteiger partial charge in [0.05, 0.1) is 18.2 Å². The fraction of sp³-hybridized carbons (Fsp3) is 0.538. The molecule has 0 aromatic carbocycles. The lowest BCUT2D eigenvalue weighted by molar-refractivity contribution is 0.157. The highest BCUT2D eigenvalue weighted by atomic mass is 16.5. The van der Waals surface area contributed by atoms with Crippen LogP contribution >= 0.6 is 0 Å². The maximum atomic E-state index is 8.77. The van der Waals surface area contributed by atoms with Gasteiger partial charge in [0.2, 0.25) is 5.88 Å². The Labute approximate surface area is 102 Å². The molecule has 0 spiro atoms. The molecule has 0 N–H and O–H groups in total. The molecule has 2 heterocycles. The van der Waals surface area contributed by atoms with Crippen LogP contribution in [0.5, 0.6) is 5.88 Å². The van der Waals surface area contributed by atoms with Crippen LogP contribution in [-0.4, -0.2) is 36.6 Å². The molecule has 4 heteroatoms. The first-order valence-electron chi connectivity index (χ1n) is 5.95. The molecule has 0 unspecified atom stereocenters. The minimum Gasteiger partial charge on any atom is -0.477 e. The van der Waals surface area contributed by atoms with E-state index in [0.29, 0.717) is 24.0 Å². The van der Waals surface area contributed by atoms with E-state index in [1.807, 2.05) is 0 Å². The predicted molar refractivity (Wildman–Crippen MR) is 64.7 cm³/mol. The van der Waals surface area contributed by atoms with Gasteiger partial charge in [-0.25, -0.2) is 4.98 Å². The van der Waals surface area contributed by atoms with Crippen molar-refractivity contribution in [1.82, 2.24) is 9.88 Å². The summed E-state index contributed by atoms with van der Waals surface area (Å²) in [7, 11) is 2.15. The molecule has 0 bridgehead atoms. The van der Waals surface area contributed by atoms with E-state index in [9.17, 15) is 0 Å². The van der Waals surface area contributed by atoms with Crippen LogP contribution in [0.3, 0.4) is 0 Å². The van der Waals surface area contributed by atoms with Gasteiger partial charge in [-0.05, 0) is 45.0 Å². The Kier molecular flexibility index (Phi) is 3.94. The van der Waals surface area contributed by atoms with Gasteiger partial charge in [-0.3, -0.25) is 0 Å². The third kappa shape index (κ3) is 3.43. The summed E-state index contributed by atoms with van der Waals surface area (Å²) < 4.78 is 5.64. The number of rotatable bonds is 3. The molecule has 1 aliphatic heterocycles. The molecule has 0 amide bonds. The molecular weight excluding hydrogens is 214 g/mol. The summed E-state index contributed by atoms with van der Waals surface area (Å²) in [6.07, 6.45) is 3.96. The minimum atomic E-state index is 0.558. The van der Waals surface area contributed by atoms with Crippen molar-refractivity contribution in [3.8, 4) is 11.9 Å². The third-order valence-electron chi connectivity index (χ3n) is 3.17. The van der Waals surface area contributed by atoms with Crippen LogP contribution in [0.4, 0.5) is 0 Å². The summed E-state index contributed by atoms with van der Waals surface area (Å²) in [5.74, 6) is 1.17. The predicted octanol–water partition coefficient (Wildman–Crippen LogP) is 1.67. The number of piperidine rings is 1. The number of likely N-dealkylation sites (tertiary alicyclic amines) is 1. The van der Waals surface area contributed by atoms with E-state index in [4.69, 9.17) is 10.00 Å². The molecule has 4 nitrogen and oxygen atoms in total. The van der Waals surface area contributed by atoms with Gasteiger partial charge in [-0.2, -0.15) is 5.26 Å². The van der Waals surface area contributed by atoms with Gasteiger partial charge in [0.1, 0.15) is 0 Å². The second-order valence-corrected chi connectivity index (χ2v) is 4.55. The van der Waals surface area contributed by atoms with Gasteiger partial charge in [0.15, 0.2) is 0 Å². The van der Waals surface area contributed by atoms with Crippen LogP contribution in [0.15, 0.2) is 18.3 Å². The summed E-state index contributed by atoms with van der Waals surface area (Å²) >= 11 is 0. The molecule has 0 aliphatic carbocycles. The second-order valence-electron chi connectivity index (χ2n) is 4.55. The molecule has 1 aliphatic rings. The van der Waals surface area contributed by atoms with E-state index in [2.05, 4.69) is 23.0 Å². The van der Waals surface area contributed by atoms with Crippen LogP contribution in [0.25, 0.3) is 0 Å². The molecule has 0 atom stereocenters. The Morgan fingerprint density at radius 3 is 3.00 bits per heavy atom. The maximum absolute atomic E-state index is 8.77. The zero-order chi connectivity index (χ0) is 12.1. The topological polar surface area (TPSA) is 49.1 Å². The van der Waals surface area contributed by atoms with Crippen molar-refractivity contribution in [3.63, 3.8) is 0 Å². The Hall–Kier alpha value is -1.60. The molecule has 1 fully saturated rings. The molecule has 2 rings (SSSR count). The molecular formula is C13H17N3O. The third-order valence-corrected chi connectivity index (χ3v) is 3.17. The lowest BCUT2D eigenvalue weighted by Gasteiger charge is -2.28. The van der Waals surface area contributed by atoms with Crippen LogP contribution < -0.4 is 4.74 Å². The van der Waals surface area contributed by atoms with E-state index in [0.717, 1.165) is 13.1 Å². The van der Waals surface area contributed by atoms with Gasteiger partial charge >= 0.3 is 0 Å². The number of aromatic nitrogens is 1. The van der Waals surface area contributed by atoms with Crippen molar-refractivity contribution in [3.05, 3.63) is 23.9 Å². The van der Waals surface area contributed by atoms with Crippen molar-refractivity contribution in [2.75, 3.05) is 26.7 Å². The lowest BCUT2D eigenvalue weighted by atomic mass is 9.98. The number of hydrogen-bond donors (Lipinski definition) is 0. The number of pyridine rings is 1.